The van der Waals surface area contributed by atoms with Crippen LogP contribution in [-0.4, -0.2) is 51.4 Å². The topological polar surface area (TPSA) is 33.7 Å². The maximum absolute atomic E-state index is 6.21. The van der Waals surface area contributed by atoms with Crippen molar-refractivity contribution in [3.8, 4) is 5.75 Å². The number of halogens is 1. The minimum Gasteiger partial charge on any atom is -0.495 e. The number of benzene rings is 1. The highest BCUT2D eigenvalue weighted by Crippen LogP contribution is 2.25. The lowest BCUT2D eigenvalue weighted by Gasteiger charge is -2.25. The van der Waals surface area contributed by atoms with Gasteiger partial charge in [-0.3, -0.25) is 4.90 Å². The molecule has 0 saturated carbocycles. The van der Waals surface area contributed by atoms with Gasteiger partial charge in [0.1, 0.15) is 5.75 Å². The lowest BCUT2D eigenvalue weighted by atomic mass is 10.1. The smallest absolute Gasteiger partial charge is 0.137 e. The molecular formula is C16H25ClN2O2. The Morgan fingerprint density at radius 1 is 1.38 bits per heavy atom. The largest absolute Gasteiger partial charge is 0.495 e. The predicted octanol–water partition coefficient (Wildman–Crippen LogP) is 2.55. The van der Waals surface area contributed by atoms with Crippen molar-refractivity contribution in [1.82, 2.24) is 10.2 Å². The Hall–Kier alpha value is -0.810. The van der Waals surface area contributed by atoms with Gasteiger partial charge < -0.3 is 14.8 Å². The highest BCUT2D eigenvalue weighted by atomic mass is 35.5. The van der Waals surface area contributed by atoms with E-state index < -0.39 is 0 Å². The van der Waals surface area contributed by atoms with Crippen LogP contribution in [0.4, 0.5) is 0 Å². The third-order valence-corrected chi connectivity index (χ3v) is 4.17. The van der Waals surface area contributed by atoms with Crippen LogP contribution in [0.3, 0.4) is 0 Å². The van der Waals surface area contributed by atoms with E-state index in [1.807, 2.05) is 12.1 Å². The fraction of sp³-hybridized carbons (Fsp3) is 0.625. The molecular weight excluding hydrogens is 288 g/mol. The lowest BCUT2D eigenvalue weighted by Crippen LogP contribution is -2.38. The number of hydrogen-bond acceptors (Lipinski definition) is 4. The number of hydrogen-bond donors (Lipinski definition) is 1. The molecule has 1 N–H and O–H groups in total. The van der Waals surface area contributed by atoms with Crippen LogP contribution in [0.5, 0.6) is 5.75 Å². The molecule has 1 aromatic rings. The average molecular weight is 313 g/mol. The molecule has 1 aliphatic rings. The van der Waals surface area contributed by atoms with Crippen molar-refractivity contribution in [3.63, 3.8) is 0 Å². The van der Waals surface area contributed by atoms with E-state index in [1.165, 1.54) is 18.4 Å². The fourth-order valence-electron chi connectivity index (χ4n) is 2.75. The standard InChI is InChI=1S/C16H25ClN2O2/c1-20-9-8-19(12-14-4-3-7-18-14)11-13-5-6-16(21-2)15(17)10-13/h5-6,10,14,18H,3-4,7-9,11-12H2,1-2H3. The molecule has 1 fully saturated rings. The quantitative estimate of drug-likeness (QED) is 0.800. The molecule has 1 saturated heterocycles. The highest BCUT2D eigenvalue weighted by Gasteiger charge is 2.18. The second kappa shape index (κ2) is 8.59. The molecule has 0 radical (unpaired) electrons. The van der Waals surface area contributed by atoms with E-state index in [0.717, 1.165) is 38.5 Å². The molecule has 1 aromatic carbocycles. The summed E-state index contributed by atoms with van der Waals surface area (Å²) < 4.78 is 10.4. The summed E-state index contributed by atoms with van der Waals surface area (Å²) in [5.41, 5.74) is 1.20. The van der Waals surface area contributed by atoms with Gasteiger partial charge >= 0.3 is 0 Å². The molecule has 1 heterocycles. The van der Waals surface area contributed by atoms with Crippen LogP contribution in [-0.2, 0) is 11.3 Å². The Labute approximate surface area is 132 Å². The van der Waals surface area contributed by atoms with Gasteiger partial charge in [0.15, 0.2) is 0 Å². The monoisotopic (exact) mass is 312 g/mol. The normalized spacial score (nSPS) is 18.4. The van der Waals surface area contributed by atoms with E-state index in [-0.39, 0.29) is 0 Å². The number of methoxy groups -OCH3 is 2. The Balaban J connectivity index is 1.97. The molecule has 0 spiro atoms. The van der Waals surface area contributed by atoms with Crippen molar-refractivity contribution in [2.45, 2.75) is 25.4 Å². The first-order valence-corrected chi connectivity index (χ1v) is 7.88. The molecule has 1 unspecified atom stereocenters. The van der Waals surface area contributed by atoms with Gasteiger partial charge in [0.25, 0.3) is 0 Å². The minimum atomic E-state index is 0.593. The number of ether oxygens (including phenoxy) is 2. The Morgan fingerprint density at radius 3 is 2.86 bits per heavy atom. The molecule has 1 aliphatic heterocycles. The molecule has 2 rings (SSSR count). The first kappa shape index (κ1) is 16.6. The molecule has 4 nitrogen and oxygen atoms in total. The van der Waals surface area contributed by atoms with Gasteiger partial charge in [-0.1, -0.05) is 17.7 Å². The highest BCUT2D eigenvalue weighted by molar-refractivity contribution is 6.32. The second-order valence-corrected chi connectivity index (χ2v) is 5.90. The van der Waals surface area contributed by atoms with Gasteiger partial charge in [0.05, 0.1) is 18.7 Å². The molecule has 1 atom stereocenters. The van der Waals surface area contributed by atoms with Gasteiger partial charge in [-0.2, -0.15) is 0 Å². The van der Waals surface area contributed by atoms with Gasteiger partial charge in [0.2, 0.25) is 0 Å². The summed E-state index contributed by atoms with van der Waals surface area (Å²) >= 11 is 6.21. The van der Waals surface area contributed by atoms with Crippen LogP contribution in [0.2, 0.25) is 5.02 Å². The van der Waals surface area contributed by atoms with E-state index in [0.29, 0.717) is 11.1 Å². The van der Waals surface area contributed by atoms with Gasteiger partial charge in [-0.25, -0.2) is 0 Å². The molecule has 0 aromatic heterocycles. The summed E-state index contributed by atoms with van der Waals surface area (Å²) in [4.78, 5) is 2.42. The van der Waals surface area contributed by atoms with E-state index in [9.17, 15) is 0 Å². The number of nitrogens with zero attached hydrogens (tertiary/aromatic N) is 1. The first-order chi connectivity index (χ1) is 10.2. The molecule has 21 heavy (non-hydrogen) atoms. The molecule has 0 amide bonds. The Bertz CT molecular complexity index is 436. The first-order valence-electron chi connectivity index (χ1n) is 7.50. The van der Waals surface area contributed by atoms with Crippen molar-refractivity contribution >= 4 is 11.6 Å². The van der Waals surface area contributed by atoms with Crippen LogP contribution < -0.4 is 10.1 Å². The third kappa shape index (κ3) is 5.15. The summed E-state index contributed by atoms with van der Waals surface area (Å²) in [6.45, 7) is 4.74. The number of rotatable bonds is 8. The fourth-order valence-corrected chi connectivity index (χ4v) is 3.03. The SMILES string of the molecule is COCCN(Cc1ccc(OC)c(Cl)c1)CC1CCCN1. The van der Waals surface area contributed by atoms with Crippen LogP contribution in [0, 0.1) is 0 Å². The zero-order valence-corrected chi connectivity index (χ0v) is 13.7. The van der Waals surface area contributed by atoms with Crippen molar-refractivity contribution in [2.24, 2.45) is 0 Å². The Morgan fingerprint density at radius 2 is 2.24 bits per heavy atom. The van der Waals surface area contributed by atoms with Crippen molar-refractivity contribution in [3.05, 3.63) is 28.8 Å². The third-order valence-electron chi connectivity index (χ3n) is 3.87. The van der Waals surface area contributed by atoms with Gasteiger partial charge in [-0.15, -0.1) is 0 Å². The van der Waals surface area contributed by atoms with E-state index in [1.54, 1.807) is 14.2 Å². The molecule has 5 heteroatoms. The zero-order valence-electron chi connectivity index (χ0n) is 12.9. The van der Waals surface area contributed by atoms with Crippen LogP contribution in [0.25, 0.3) is 0 Å². The number of nitrogens with one attached hydrogen (secondary N) is 1. The minimum absolute atomic E-state index is 0.593. The van der Waals surface area contributed by atoms with Crippen molar-refractivity contribution < 1.29 is 9.47 Å². The summed E-state index contributed by atoms with van der Waals surface area (Å²) in [5.74, 6) is 0.723. The van der Waals surface area contributed by atoms with E-state index in [4.69, 9.17) is 21.1 Å². The molecule has 118 valence electrons. The van der Waals surface area contributed by atoms with Gasteiger partial charge in [0, 0.05) is 32.8 Å². The summed E-state index contributed by atoms with van der Waals surface area (Å²) in [5, 5.41) is 4.22. The summed E-state index contributed by atoms with van der Waals surface area (Å²) in [6, 6.07) is 6.59. The molecule has 0 aliphatic carbocycles. The maximum atomic E-state index is 6.21. The molecule has 0 bridgehead atoms. The van der Waals surface area contributed by atoms with Gasteiger partial charge in [-0.05, 0) is 37.1 Å². The van der Waals surface area contributed by atoms with Crippen molar-refractivity contribution in [2.75, 3.05) is 40.5 Å². The predicted molar refractivity (Wildman–Crippen MR) is 86.2 cm³/mol. The zero-order chi connectivity index (χ0) is 15.1. The maximum Gasteiger partial charge on any atom is 0.137 e. The van der Waals surface area contributed by atoms with E-state index in [2.05, 4.69) is 16.3 Å². The summed E-state index contributed by atoms with van der Waals surface area (Å²) in [6.07, 6.45) is 2.53. The van der Waals surface area contributed by atoms with Crippen molar-refractivity contribution in [1.29, 1.82) is 0 Å². The summed E-state index contributed by atoms with van der Waals surface area (Å²) in [7, 11) is 3.38. The average Bonchev–Trinajstić information content (AvgIpc) is 2.98. The van der Waals surface area contributed by atoms with Crippen LogP contribution >= 0.6 is 11.6 Å². The van der Waals surface area contributed by atoms with E-state index >= 15 is 0 Å². The van der Waals surface area contributed by atoms with Crippen LogP contribution in [0.15, 0.2) is 18.2 Å². The second-order valence-electron chi connectivity index (χ2n) is 5.49. The van der Waals surface area contributed by atoms with Crippen LogP contribution in [0.1, 0.15) is 18.4 Å². The lowest BCUT2D eigenvalue weighted by molar-refractivity contribution is 0.138. The Kier molecular flexibility index (Phi) is 6.77.